The maximum atomic E-state index is 12.0. The Morgan fingerprint density at radius 1 is 1.35 bits per heavy atom. The van der Waals surface area contributed by atoms with E-state index in [-0.39, 0.29) is 17.1 Å². The first kappa shape index (κ1) is 16.0. The first-order valence-electron chi connectivity index (χ1n) is 8.32. The highest BCUT2D eigenvalue weighted by atomic mass is 16.1. The second-order valence-electron chi connectivity index (χ2n) is 7.50. The molecule has 126 valence electrons. The Labute approximate surface area is 136 Å². The molecule has 0 aliphatic carbocycles. The summed E-state index contributed by atoms with van der Waals surface area (Å²) in [5.41, 5.74) is 1.04. The molecule has 7 heteroatoms. The van der Waals surface area contributed by atoms with Crippen LogP contribution in [0.3, 0.4) is 0 Å². The molecule has 0 radical (unpaired) electrons. The monoisotopic (exact) mass is 318 g/mol. The number of H-pyrrole nitrogens is 1. The molecular formula is C16H26N6O. The largest absolute Gasteiger partial charge is 0.363 e. The predicted molar refractivity (Wildman–Crippen MR) is 91.1 cm³/mol. The predicted octanol–water partition coefficient (Wildman–Crippen LogP) is 1.61. The molecule has 1 saturated heterocycles. The fraction of sp³-hybridized carbons (Fsp3) is 0.688. The maximum Gasteiger partial charge on any atom is 0.347 e. The molecule has 0 saturated carbocycles. The van der Waals surface area contributed by atoms with Crippen LogP contribution in [0.1, 0.15) is 46.2 Å². The van der Waals surface area contributed by atoms with Gasteiger partial charge in [-0.05, 0) is 32.9 Å². The molecule has 1 aliphatic rings. The van der Waals surface area contributed by atoms with Crippen LogP contribution in [0.4, 0.5) is 5.82 Å². The summed E-state index contributed by atoms with van der Waals surface area (Å²) in [6, 6.07) is 0.242. The zero-order valence-electron chi connectivity index (χ0n) is 14.4. The molecule has 2 aromatic rings. The van der Waals surface area contributed by atoms with Gasteiger partial charge in [-0.3, -0.25) is 0 Å². The number of hydrogen-bond acceptors (Lipinski definition) is 5. The molecule has 2 N–H and O–H groups in total. The van der Waals surface area contributed by atoms with Crippen LogP contribution in [0, 0.1) is 0 Å². The molecule has 0 bridgehead atoms. The van der Waals surface area contributed by atoms with E-state index in [1.54, 1.807) is 10.6 Å². The smallest absolute Gasteiger partial charge is 0.347 e. The number of fused-ring (bicyclic) bond motifs is 1. The van der Waals surface area contributed by atoms with Gasteiger partial charge in [0.2, 0.25) is 5.65 Å². The number of anilines is 1. The summed E-state index contributed by atoms with van der Waals surface area (Å²) in [6.07, 6.45) is 4.34. The zero-order chi connectivity index (χ0) is 16.6. The van der Waals surface area contributed by atoms with E-state index < -0.39 is 0 Å². The summed E-state index contributed by atoms with van der Waals surface area (Å²) in [5.74, 6) is 0.669. The highest BCUT2D eigenvalue weighted by molar-refractivity contribution is 5.62. The number of aromatic nitrogens is 4. The number of nitrogens with zero attached hydrogens (tertiary/aromatic N) is 4. The summed E-state index contributed by atoms with van der Waals surface area (Å²) in [4.78, 5) is 19.1. The molecule has 3 rings (SSSR count). The van der Waals surface area contributed by atoms with Crippen LogP contribution in [0.25, 0.3) is 5.65 Å². The van der Waals surface area contributed by atoms with E-state index in [1.807, 2.05) is 0 Å². The van der Waals surface area contributed by atoms with Crippen molar-refractivity contribution >= 4 is 11.5 Å². The van der Waals surface area contributed by atoms with Gasteiger partial charge >= 0.3 is 5.69 Å². The lowest BCUT2D eigenvalue weighted by Crippen LogP contribution is -2.33. The SMILES string of the molecule is CC(CN1CCCC1)Nc1nc(C(C)(C)C)cn2c(=O)[nH]nc12. The Balaban J connectivity index is 1.90. The van der Waals surface area contributed by atoms with Crippen molar-refractivity contribution in [3.05, 3.63) is 22.4 Å². The highest BCUT2D eigenvalue weighted by Gasteiger charge is 2.21. The fourth-order valence-electron chi connectivity index (χ4n) is 3.00. The summed E-state index contributed by atoms with van der Waals surface area (Å²) in [5, 5.41) is 10.1. The van der Waals surface area contributed by atoms with Gasteiger partial charge in [0.15, 0.2) is 5.82 Å². The van der Waals surface area contributed by atoms with Crippen LogP contribution in [0.2, 0.25) is 0 Å². The van der Waals surface area contributed by atoms with Crippen molar-refractivity contribution in [1.82, 2.24) is 24.5 Å². The maximum absolute atomic E-state index is 12.0. The van der Waals surface area contributed by atoms with Gasteiger partial charge in [-0.15, -0.1) is 5.10 Å². The average molecular weight is 318 g/mol. The Morgan fingerprint density at radius 2 is 2.04 bits per heavy atom. The van der Waals surface area contributed by atoms with Crippen LogP contribution in [-0.2, 0) is 5.41 Å². The van der Waals surface area contributed by atoms with Crippen LogP contribution in [0.5, 0.6) is 0 Å². The van der Waals surface area contributed by atoms with E-state index in [1.165, 1.54) is 25.9 Å². The second kappa shape index (κ2) is 5.96. The van der Waals surface area contributed by atoms with Gasteiger partial charge in [-0.25, -0.2) is 19.3 Å². The van der Waals surface area contributed by atoms with E-state index in [9.17, 15) is 4.79 Å². The van der Waals surface area contributed by atoms with Gasteiger partial charge in [0, 0.05) is 24.2 Å². The molecule has 7 nitrogen and oxygen atoms in total. The average Bonchev–Trinajstić information content (AvgIpc) is 3.08. The minimum Gasteiger partial charge on any atom is -0.363 e. The van der Waals surface area contributed by atoms with Gasteiger partial charge in [0.1, 0.15) is 0 Å². The summed E-state index contributed by atoms with van der Waals surface area (Å²) in [6.45, 7) is 11.7. The third-order valence-corrected chi connectivity index (χ3v) is 4.28. The third kappa shape index (κ3) is 3.39. The minimum absolute atomic E-state index is 0.139. The molecule has 23 heavy (non-hydrogen) atoms. The van der Waals surface area contributed by atoms with E-state index in [0.717, 1.165) is 12.2 Å². The van der Waals surface area contributed by atoms with E-state index in [4.69, 9.17) is 4.98 Å². The third-order valence-electron chi connectivity index (χ3n) is 4.28. The van der Waals surface area contributed by atoms with Gasteiger partial charge < -0.3 is 10.2 Å². The zero-order valence-corrected chi connectivity index (χ0v) is 14.4. The van der Waals surface area contributed by atoms with Gasteiger partial charge in [-0.2, -0.15) is 0 Å². The van der Waals surface area contributed by atoms with Gasteiger partial charge in [0.25, 0.3) is 0 Å². The fourth-order valence-corrected chi connectivity index (χ4v) is 3.00. The van der Waals surface area contributed by atoms with Crippen LogP contribution < -0.4 is 11.0 Å². The molecule has 0 spiro atoms. The van der Waals surface area contributed by atoms with Crippen LogP contribution in [-0.4, -0.2) is 50.2 Å². The number of nitrogens with one attached hydrogen (secondary N) is 2. The highest BCUT2D eigenvalue weighted by Crippen LogP contribution is 2.23. The first-order valence-corrected chi connectivity index (χ1v) is 8.32. The standard InChI is InChI=1S/C16H26N6O/c1-11(9-21-7-5-6-8-21)17-13-14-19-20-15(23)22(14)10-12(18-13)16(2,3)4/h10-11H,5-9H2,1-4H3,(H,17,18)(H,20,23). The van der Waals surface area contributed by atoms with E-state index in [0.29, 0.717) is 11.5 Å². The second-order valence-corrected chi connectivity index (χ2v) is 7.50. The lowest BCUT2D eigenvalue weighted by molar-refractivity contribution is 0.327. The summed E-state index contributed by atoms with van der Waals surface area (Å²) in [7, 11) is 0. The van der Waals surface area contributed by atoms with Gasteiger partial charge in [-0.1, -0.05) is 20.8 Å². The molecule has 3 heterocycles. The van der Waals surface area contributed by atoms with E-state index in [2.05, 4.69) is 48.1 Å². The van der Waals surface area contributed by atoms with Crippen molar-refractivity contribution in [1.29, 1.82) is 0 Å². The van der Waals surface area contributed by atoms with Crippen molar-refractivity contribution in [2.45, 2.75) is 52.0 Å². The first-order chi connectivity index (χ1) is 10.8. The van der Waals surface area contributed by atoms with E-state index >= 15 is 0 Å². The molecule has 2 aromatic heterocycles. The normalized spacial score (nSPS) is 17.7. The lowest BCUT2D eigenvalue weighted by atomic mass is 9.93. The van der Waals surface area contributed by atoms with Crippen LogP contribution >= 0.6 is 0 Å². The number of likely N-dealkylation sites (tertiary alicyclic amines) is 1. The number of rotatable bonds is 4. The summed E-state index contributed by atoms with van der Waals surface area (Å²) >= 11 is 0. The summed E-state index contributed by atoms with van der Waals surface area (Å²) < 4.78 is 1.54. The lowest BCUT2D eigenvalue weighted by Gasteiger charge is -2.23. The molecule has 0 aromatic carbocycles. The van der Waals surface area contributed by atoms with Gasteiger partial charge in [0.05, 0.1) is 5.69 Å². The minimum atomic E-state index is -0.233. The Kier molecular flexibility index (Phi) is 4.14. The van der Waals surface area contributed by atoms with Crippen LogP contribution in [0.15, 0.2) is 11.0 Å². The molecule has 1 aliphatic heterocycles. The Hall–Kier alpha value is -1.89. The topological polar surface area (TPSA) is 78.3 Å². The van der Waals surface area contributed by atoms with Crippen molar-refractivity contribution in [2.24, 2.45) is 0 Å². The van der Waals surface area contributed by atoms with Crippen molar-refractivity contribution in [3.63, 3.8) is 0 Å². The quantitative estimate of drug-likeness (QED) is 0.895. The molecule has 1 atom stereocenters. The van der Waals surface area contributed by atoms with Crippen molar-refractivity contribution in [2.75, 3.05) is 25.0 Å². The molecule has 1 fully saturated rings. The molecule has 1 unspecified atom stereocenters. The number of hydrogen-bond donors (Lipinski definition) is 2. The molecular weight excluding hydrogens is 292 g/mol. The number of aromatic amines is 1. The Bertz CT molecular complexity index is 735. The molecule has 0 amide bonds. The van der Waals surface area contributed by atoms with Crippen molar-refractivity contribution in [3.8, 4) is 0 Å². The Morgan fingerprint density at radius 3 is 2.70 bits per heavy atom. The van der Waals surface area contributed by atoms with Crippen molar-refractivity contribution < 1.29 is 0 Å².